The molecule has 158 valence electrons. The van der Waals surface area contributed by atoms with Crippen molar-refractivity contribution < 1.29 is 14.6 Å². The van der Waals surface area contributed by atoms with Crippen LogP contribution in [0.1, 0.15) is 59.5 Å². The normalized spacial score (nSPS) is 20.5. The molecule has 1 aliphatic heterocycles. The maximum Gasteiger partial charge on any atom is 0.337 e. The number of carboxylic acid groups (broad SMARTS) is 1. The third kappa shape index (κ3) is 3.84. The molecule has 30 heavy (non-hydrogen) atoms. The van der Waals surface area contributed by atoms with E-state index in [1.165, 1.54) is 4.88 Å². The molecule has 5 nitrogen and oxygen atoms in total. The van der Waals surface area contributed by atoms with Crippen LogP contribution in [-0.2, 0) is 17.6 Å². The standard InChI is InChI=1S/C24H28N2O3S/c1-24(2)9-8-20-18(12-24)21(23(27)28)22(30-20)17-11-15(13-25)6-7-19(17)26-10-4-5-16(14-26)29-3/h6-7,11,16H,4-5,8-10,12,14H2,1-3H3,(H,27,28)/t16-/m0/s1. The minimum Gasteiger partial charge on any atom is -0.478 e. The first-order valence-electron chi connectivity index (χ1n) is 10.5. The summed E-state index contributed by atoms with van der Waals surface area (Å²) in [4.78, 5) is 16.6. The predicted molar refractivity (Wildman–Crippen MR) is 119 cm³/mol. The van der Waals surface area contributed by atoms with Crippen LogP contribution >= 0.6 is 11.3 Å². The maximum absolute atomic E-state index is 12.4. The molecule has 1 aromatic heterocycles. The number of benzene rings is 1. The lowest BCUT2D eigenvalue weighted by molar-refractivity contribution is 0.0696. The fraction of sp³-hybridized carbons (Fsp3) is 0.500. The van der Waals surface area contributed by atoms with E-state index in [0.717, 1.165) is 66.9 Å². The summed E-state index contributed by atoms with van der Waals surface area (Å²) in [6, 6.07) is 7.88. The van der Waals surface area contributed by atoms with E-state index >= 15 is 0 Å². The van der Waals surface area contributed by atoms with Gasteiger partial charge in [0.1, 0.15) is 0 Å². The van der Waals surface area contributed by atoms with Crippen LogP contribution in [0.2, 0.25) is 0 Å². The first kappa shape index (κ1) is 20.9. The Bertz CT molecular complexity index is 1020. The van der Waals surface area contributed by atoms with Crippen LogP contribution in [0.15, 0.2) is 18.2 Å². The number of anilines is 1. The van der Waals surface area contributed by atoms with Crippen molar-refractivity contribution in [2.24, 2.45) is 5.41 Å². The molecule has 2 aromatic rings. The Morgan fingerprint density at radius 2 is 2.20 bits per heavy atom. The highest BCUT2D eigenvalue weighted by molar-refractivity contribution is 7.16. The number of piperidine rings is 1. The van der Waals surface area contributed by atoms with Gasteiger partial charge in [0.25, 0.3) is 0 Å². The number of carbonyl (C=O) groups is 1. The van der Waals surface area contributed by atoms with Gasteiger partial charge in [-0.25, -0.2) is 4.79 Å². The Labute approximate surface area is 181 Å². The van der Waals surface area contributed by atoms with Crippen molar-refractivity contribution in [3.05, 3.63) is 39.8 Å². The van der Waals surface area contributed by atoms with Crippen LogP contribution in [0.25, 0.3) is 10.4 Å². The van der Waals surface area contributed by atoms with Gasteiger partial charge < -0.3 is 14.7 Å². The fourth-order valence-corrected chi connectivity index (χ4v) is 6.08. The molecule has 2 heterocycles. The fourth-order valence-electron chi connectivity index (χ4n) is 4.75. The lowest BCUT2D eigenvalue weighted by Gasteiger charge is -2.35. The number of aromatic carboxylic acids is 1. The summed E-state index contributed by atoms with van der Waals surface area (Å²) >= 11 is 1.60. The zero-order valence-corrected chi connectivity index (χ0v) is 18.6. The number of fused-ring (bicyclic) bond motifs is 1. The topological polar surface area (TPSA) is 73.6 Å². The van der Waals surface area contributed by atoms with Crippen molar-refractivity contribution in [3.8, 4) is 16.5 Å². The summed E-state index contributed by atoms with van der Waals surface area (Å²) in [5.74, 6) is -0.873. The van der Waals surface area contributed by atoms with Crippen LogP contribution in [0.4, 0.5) is 5.69 Å². The van der Waals surface area contributed by atoms with Gasteiger partial charge in [0, 0.05) is 36.3 Å². The molecule has 2 aliphatic rings. The summed E-state index contributed by atoms with van der Waals surface area (Å²) in [6.07, 6.45) is 4.98. The van der Waals surface area contributed by atoms with Crippen LogP contribution in [0.3, 0.4) is 0 Å². The van der Waals surface area contributed by atoms with Crippen LogP contribution in [0, 0.1) is 16.7 Å². The molecule has 1 N–H and O–H groups in total. The summed E-state index contributed by atoms with van der Waals surface area (Å²) in [5, 5.41) is 19.7. The second-order valence-electron chi connectivity index (χ2n) is 9.14. The second-order valence-corrected chi connectivity index (χ2v) is 10.2. The van der Waals surface area contributed by atoms with Crippen LogP contribution < -0.4 is 4.90 Å². The molecule has 0 amide bonds. The van der Waals surface area contributed by atoms with Gasteiger partial charge in [-0.3, -0.25) is 0 Å². The molecule has 0 radical (unpaired) electrons. The van der Waals surface area contributed by atoms with Gasteiger partial charge in [-0.2, -0.15) is 5.26 Å². The van der Waals surface area contributed by atoms with Gasteiger partial charge in [0.2, 0.25) is 0 Å². The Balaban J connectivity index is 1.87. The number of hydrogen-bond acceptors (Lipinski definition) is 5. The Morgan fingerprint density at radius 1 is 1.40 bits per heavy atom. The van der Waals surface area contributed by atoms with Gasteiger partial charge in [0.15, 0.2) is 0 Å². The van der Waals surface area contributed by atoms with Gasteiger partial charge in [-0.15, -0.1) is 11.3 Å². The summed E-state index contributed by atoms with van der Waals surface area (Å²) in [5.41, 5.74) is 3.93. The highest BCUT2D eigenvalue weighted by atomic mass is 32.1. The largest absolute Gasteiger partial charge is 0.478 e. The molecule has 4 rings (SSSR count). The number of hydrogen-bond donors (Lipinski definition) is 1. The molecule has 1 aromatic carbocycles. The SMILES string of the molecule is CO[C@H]1CCCN(c2ccc(C#N)cc2-c2sc3c(c2C(=O)O)CC(C)(C)CC3)C1. The number of aryl methyl sites for hydroxylation is 1. The number of thiophene rings is 1. The molecule has 1 aliphatic carbocycles. The number of methoxy groups -OCH3 is 1. The predicted octanol–water partition coefficient (Wildman–Crippen LogP) is 5.12. The molecular formula is C24H28N2O3S. The molecule has 0 unspecified atom stereocenters. The molecule has 0 spiro atoms. The van der Waals surface area contributed by atoms with Gasteiger partial charge >= 0.3 is 5.97 Å². The first-order chi connectivity index (χ1) is 14.3. The minimum atomic E-state index is -0.873. The van der Waals surface area contributed by atoms with E-state index in [0.29, 0.717) is 11.1 Å². The molecule has 1 saturated heterocycles. The molecule has 1 atom stereocenters. The zero-order valence-electron chi connectivity index (χ0n) is 17.8. The highest BCUT2D eigenvalue weighted by Gasteiger charge is 2.34. The smallest absolute Gasteiger partial charge is 0.337 e. The van der Waals surface area contributed by atoms with Crippen molar-refractivity contribution in [2.45, 2.75) is 52.1 Å². The molecule has 0 bridgehead atoms. The molecular weight excluding hydrogens is 396 g/mol. The van der Waals surface area contributed by atoms with Crippen molar-refractivity contribution in [1.29, 1.82) is 5.26 Å². The maximum atomic E-state index is 12.4. The summed E-state index contributed by atoms with van der Waals surface area (Å²) in [6.45, 7) is 6.09. The van der Waals surface area contributed by atoms with E-state index in [-0.39, 0.29) is 11.5 Å². The highest BCUT2D eigenvalue weighted by Crippen LogP contribution is 2.47. The monoisotopic (exact) mass is 424 g/mol. The van der Waals surface area contributed by atoms with E-state index in [4.69, 9.17) is 4.74 Å². The number of carboxylic acids is 1. The Kier molecular flexibility index (Phi) is 5.61. The van der Waals surface area contributed by atoms with E-state index in [9.17, 15) is 15.2 Å². The summed E-state index contributed by atoms with van der Waals surface area (Å²) in [7, 11) is 1.74. The molecule has 1 fully saturated rings. The zero-order chi connectivity index (χ0) is 21.5. The third-order valence-corrected chi connectivity index (χ3v) is 7.74. The van der Waals surface area contributed by atoms with Crippen molar-refractivity contribution in [2.75, 3.05) is 25.1 Å². The van der Waals surface area contributed by atoms with E-state index in [2.05, 4.69) is 24.8 Å². The average molecular weight is 425 g/mol. The van der Waals surface area contributed by atoms with Crippen LogP contribution in [-0.4, -0.2) is 37.4 Å². The Hall–Kier alpha value is -2.36. The van der Waals surface area contributed by atoms with Crippen molar-refractivity contribution >= 4 is 23.0 Å². The quantitative estimate of drug-likeness (QED) is 0.738. The number of rotatable bonds is 4. The molecule has 0 saturated carbocycles. The van der Waals surface area contributed by atoms with Crippen molar-refractivity contribution in [3.63, 3.8) is 0 Å². The number of nitrogens with zero attached hydrogens (tertiary/aromatic N) is 2. The minimum absolute atomic E-state index is 0.103. The van der Waals surface area contributed by atoms with Gasteiger partial charge in [-0.1, -0.05) is 13.8 Å². The van der Waals surface area contributed by atoms with Crippen LogP contribution in [0.5, 0.6) is 0 Å². The summed E-state index contributed by atoms with van der Waals surface area (Å²) < 4.78 is 5.60. The van der Waals surface area contributed by atoms with Gasteiger partial charge in [0.05, 0.1) is 28.2 Å². The van der Waals surface area contributed by atoms with Crippen molar-refractivity contribution in [1.82, 2.24) is 0 Å². The average Bonchev–Trinajstić information content (AvgIpc) is 3.10. The van der Waals surface area contributed by atoms with E-state index < -0.39 is 5.97 Å². The third-order valence-electron chi connectivity index (χ3n) is 6.41. The number of ether oxygens (including phenoxy) is 1. The van der Waals surface area contributed by atoms with Gasteiger partial charge in [-0.05, 0) is 61.3 Å². The molecule has 6 heteroatoms. The first-order valence-corrected chi connectivity index (χ1v) is 11.3. The lowest BCUT2D eigenvalue weighted by atomic mass is 9.76. The Morgan fingerprint density at radius 3 is 2.90 bits per heavy atom. The number of nitriles is 1. The van der Waals surface area contributed by atoms with E-state index in [1.807, 2.05) is 18.2 Å². The lowest BCUT2D eigenvalue weighted by Crippen LogP contribution is -2.39. The van der Waals surface area contributed by atoms with E-state index in [1.54, 1.807) is 18.4 Å². The second kappa shape index (κ2) is 8.05.